The number of carbonyl (C=O) groups is 4. The molecule has 0 saturated carbocycles. The number of rotatable bonds is 50. The Morgan fingerprint density at radius 2 is 0.627 bits per heavy atom. The van der Waals surface area contributed by atoms with Gasteiger partial charge >= 0.3 is 0 Å². The Labute approximate surface area is 403 Å². The standard InChI is InChI=1S/C48H95N5O14/c1-40(2)9-20-58-28-17-50-44(54)12-24-65-37-48(38-66-25-13-45(55)51-18-29-59-21-10-41(3)4,39-67-26-14-46(56)52-19-30-60-22-11-42(5)6)53-47(57)15-23-61-31-33-63-35-36-64-34-32-62-27-16-49-43(7)8/h40-43,49H,9-39H2,1-8H3,(H,50,54)(H,51,55)(H,52,56)(H,53,57). The van der Waals surface area contributed by atoms with Crippen LogP contribution in [0.15, 0.2) is 0 Å². The lowest BCUT2D eigenvalue weighted by Gasteiger charge is -2.34. The van der Waals surface area contributed by atoms with Gasteiger partial charge in [0.15, 0.2) is 0 Å². The van der Waals surface area contributed by atoms with E-state index in [1.54, 1.807) is 0 Å². The van der Waals surface area contributed by atoms with Crippen LogP contribution in [0.2, 0.25) is 0 Å². The molecule has 0 atom stereocenters. The monoisotopic (exact) mass is 966 g/mol. The molecule has 4 amide bonds. The van der Waals surface area contributed by atoms with Gasteiger partial charge in [0.05, 0.1) is 112 Å². The molecule has 19 nitrogen and oxygen atoms in total. The number of ether oxygens (including phenoxy) is 10. The molecule has 0 aliphatic carbocycles. The first-order valence-corrected chi connectivity index (χ1v) is 24.9. The van der Waals surface area contributed by atoms with Crippen LogP contribution in [0.4, 0.5) is 0 Å². The predicted octanol–water partition coefficient (Wildman–Crippen LogP) is 3.05. The fourth-order valence-corrected chi connectivity index (χ4v) is 5.55. The number of hydrogen-bond donors (Lipinski definition) is 5. The number of nitrogens with one attached hydrogen (secondary N) is 5. The van der Waals surface area contributed by atoms with Gasteiger partial charge in [0.1, 0.15) is 5.54 Å². The van der Waals surface area contributed by atoms with Crippen LogP contribution >= 0.6 is 0 Å². The summed E-state index contributed by atoms with van der Waals surface area (Å²) in [7, 11) is 0. The van der Waals surface area contributed by atoms with Gasteiger partial charge in [-0.05, 0) is 37.0 Å². The van der Waals surface area contributed by atoms with E-state index in [1.807, 2.05) is 0 Å². The molecule has 0 fully saturated rings. The third-order valence-electron chi connectivity index (χ3n) is 9.57. The fraction of sp³-hybridized carbons (Fsp3) is 0.917. The molecule has 396 valence electrons. The number of hydrogen-bond acceptors (Lipinski definition) is 15. The van der Waals surface area contributed by atoms with Crippen molar-refractivity contribution >= 4 is 23.6 Å². The van der Waals surface area contributed by atoms with E-state index in [2.05, 4.69) is 82.0 Å². The minimum absolute atomic E-state index is 0.0164. The predicted molar refractivity (Wildman–Crippen MR) is 258 cm³/mol. The molecule has 0 spiro atoms. The van der Waals surface area contributed by atoms with E-state index in [0.717, 1.165) is 25.8 Å². The molecule has 0 bridgehead atoms. The van der Waals surface area contributed by atoms with Crippen molar-refractivity contribution in [2.75, 3.05) is 158 Å². The largest absolute Gasteiger partial charge is 0.380 e. The highest BCUT2D eigenvalue weighted by molar-refractivity contribution is 5.77. The maximum atomic E-state index is 13.5. The van der Waals surface area contributed by atoms with Crippen molar-refractivity contribution in [3.63, 3.8) is 0 Å². The van der Waals surface area contributed by atoms with Crippen LogP contribution in [0.1, 0.15) is 100 Å². The lowest BCUT2D eigenvalue weighted by molar-refractivity contribution is -0.131. The smallest absolute Gasteiger partial charge is 0.222 e. The zero-order valence-corrected chi connectivity index (χ0v) is 42.9. The SMILES string of the molecule is CC(C)CCOCCNC(=O)CCOCC(COCCC(=O)NCCOCCC(C)C)(COCCC(=O)NCCOCCC(C)C)NC(=O)CCOCCOCCOCCOCCNC(C)C. The van der Waals surface area contributed by atoms with E-state index < -0.39 is 5.54 Å². The van der Waals surface area contributed by atoms with Crippen LogP contribution in [0.25, 0.3) is 0 Å². The molecule has 0 aromatic carbocycles. The van der Waals surface area contributed by atoms with E-state index in [9.17, 15) is 19.2 Å². The average Bonchev–Trinajstić information content (AvgIpc) is 3.27. The maximum absolute atomic E-state index is 13.5. The Bertz CT molecular complexity index is 1090. The van der Waals surface area contributed by atoms with E-state index in [1.165, 1.54) is 0 Å². The van der Waals surface area contributed by atoms with Crippen molar-refractivity contribution in [3.8, 4) is 0 Å². The van der Waals surface area contributed by atoms with Crippen molar-refractivity contribution in [1.82, 2.24) is 26.6 Å². The molecule has 5 N–H and O–H groups in total. The molecular formula is C48H95N5O14. The Hall–Kier alpha value is -2.56. The summed E-state index contributed by atoms with van der Waals surface area (Å²) in [5, 5.41) is 14.8. The van der Waals surface area contributed by atoms with Gasteiger partial charge in [0.25, 0.3) is 0 Å². The van der Waals surface area contributed by atoms with E-state index in [0.29, 0.717) is 123 Å². The van der Waals surface area contributed by atoms with Crippen LogP contribution in [0, 0.1) is 17.8 Å². The fourth-order valence-electron chi connectivity index (χ4n) is 5.55. The van der Waals surface area contributed by atoms with Crippen molar-refractivity contribution < 1.29 is 66.5 Å². The minimum atomic E-state index is -1.24. The first-order valence-electron chi connectivity index (χ1n) is 24.9. The molecule has 0 aromatic heterocycles. The van der Waals surface area contributed by atoms with Gasteiger partial charge in [-0.3, -0.25) is 19.2 Å². The summed E-state index contributed by atoms with van der Waals surface area (Å²) in [6.07, 6.45) is 3.09. The molecular weight excluding hydrogens is 871 g/mol. The molecule has 0 radical (unpaired) electrons. The summed E-state index contributed by atoms with van der Waals surface area (Å²) >= 11 is 0. The number of amides is 4. The molecule has 0 aromatic rings. The van der Waals surface area contributed by atoms with E-state index in [4.69, 9.17) is 47.4 Å². The van der Waals surface area contributed by atoms with Crippen LogP contribution < -0.4 is 26.6 Å². The summed E-state index contributed by atoms with van der Waals surface area (Å²) in [5.74, 6) is 0.655. The van der Waals surface area contributed by atoms with Crippen molar-refractivity contribution in [1.29, 1.82) is 0 Å². The summed E-state index contributed by atoms with van der Waals surface area (Å²) in [5.41, 5.74) is -1.24. The van der Waals surface area contributed by atoms with Crippen LogP contribution in [-0.2, 0) is 66.5 Å². The van der Waals surface area contributed by atoms with Gasteiger partial charge < -0.3 is 74.0 Å². The van der Waals surface area contributed by atoms with E-state index >= 15 is 0 Å². The lowest BCUT2D eigenvalue weighted by atomic mass is 10.0. The molecule has 0 saturated heterocycles. The second-order valence-corrected chi connectivity index (χ2v) is 18.0. The third kappa shape index (κ3) is 46.9. The number of carbonyl (C=O) groups excluding carboxylic acids is 4. The normalized spacial score (nSPS) is 11.9. The highest BCUT2D eigenvalue weighted by atomic mass is 16.6. The van der Waals surface area contributed by atoms with Gasteiger partial charge in [-0.1, -0.05) is 55.4 Å². The lowest BCUT2D eigenvalue weighted by Crippen LogP contribution is -2.59. The van der Waals surface area contributed by atoms with Crippen molar-refractivity contribution in [2.24, 2.45) is 17.8 Å². The quantitative estimate of drug-likeness (QED) is 0.0554. The molecule has 67 heavy (non-hydrogen) atoms. The zero-order valence-electron chi connectivity index (χ0n) is 42.9. The van der Waals surface area contributed by atoms with Crippen LogP contribution in [0.5, 0.6) is 0 Å². The van der Waals surface area contributed by atoms with Crippen molar-refractivity contribution in [2.45, 2.75) is 112 Å². The van der Waals surface area contributed by atoms with E-state index in [-0.39, 0.29) is 102 Å². The Balaban J connectivity index is 5.33. The molecule has 19 heteroatoms. The molecule has 0 unspecified atom stereocenters. The second kappa shape index (κ2) is 45.9. The molecule has 0 aliphatic heterocycles. The van der Waals surface area contributed by atoms with Gasteiger partial charge in [-0.25, -0.2) is 0 Å². The Morgan fingerprint density at radius 1 is 0.343 bits per heavy atom. The average molecular weight is 966 g/mol. The highest BCUT2D eigenvalue weighted by Gasteiger charge is 2.34. The summed E-state index contributed by atoms with van der Waals surface area (Å²) in [4.78, 5) is 51.2. The Morgan fingerprint density at radius 3 is 0.970 bits per heavy atom. The van der Waals surface area contributed by atoms with Gasteiger partial charge in [0, 0.05) is 77.7 Å². The van der Waals surface area contributed by atoms with Gasteiger partial charge in [-0.15, -0.1) is 0 Å². The zero-order chi connectivity index (χ0) is 49.6. The minimum Gasteiger partial charge on any atom is -0.380 e. The van der Waals surface area contributed by atoms with Gasteiger partial charge in [-0.2, -0.15) is 0 Å². The summed E-state index contributed by atoms with van der Waals surface area (Å²) in [6, 6.07) is 0.425. The van der Waals surface area contributed by atoms with Crippen LogP contribution in [0.3, 0.4) is 0 Å². The van der Waals surface area contributed by atoms with Crippen LogP contribution in [-0.4, -0.2) is 194 Å². The Kier molecular flexibility index (Phi) is 44.1. The first-order chi connectivity index (χ1) is 32.2. The molecule has 0 heterocycles. The summed E-state index contributed by atoms with van der Waals surface area (Å²) < 4.78 is 57.1. The molecule has 0 aliphatic rings. The van der Waals surface area contributed by atoms with Gasteiger partial charge in [0.2, 0.25) is 23.6 Å². The van der Waals surface area contributed by atoms with Crippen molar-refractivity contribution in [3.05, 3.63) is 0 Å². The first kappa shape index (κ1) is 64.4. The summed E-state index contributed by atoms with van der Waals surface area (Å²) in [6.45, 7) is 25.1. The second-order valence-electron chi connectivity index (χ2n) is 18.0. The maximum Gasteiger partial charge on any atom is 0.222 e. The topological polar surface area (TPSA) is 221 Å². The molecule has 0 rings (SSSR count). The third-order valence-corrected chi connectivity index (χ3v) is 9.57. The highest BCUT2D eigenvalue weighted by Crippen LogP contribution is 2.12.